The van der Waals surface area contributed by atoms with E-state index in [1.165, 1.54) is 12.1 Å². The van der Waals surface area contributed by atoms with Crippen LogP contribution >= 0.6 is 0 Å². The molecule has 0 aromatic heterocycles. The molecule has 3 rings (SSSR count). The Balaban J connectivity index is 2.03. The van der Waals surface area contributed by atoms with Gasteiger partial charge in [-0.2, -0.15) is 13.2 Å². The van der Waals surface area contributed by atoms with Crippen LogP contribution in [0.4, 0.5) is 13.2 Å². The quantitative estimate of drug-likeness (QED) is 0.316. The second-order valence-electron chi connectivity index (χ2n) is 8.66. The van der Waals surface area contributed by atoms with Crippen LogP contribution in [0.2, 0.25) is 0 Å². The highest BCUT2D eigenvalue weighted by Crippen LogP contribution is 2.29. The molecule has 0 spiro atoms. The summed E-state index contributed by atoms with van der Waals surface area (Å²) in [6.07, 6.45) is -4.31. The number of nitrogens with zero attached hydrogens (tertiary/aromatic N) is 1. The van der Waals surface area contributed by atoms with Crippen molar-refractivity contribution in [3.8, 4) is 0 Å². The minimum absolute atomic E-state index is 0.107. The zero-order chi connectivity index (χ0) is 24.1. The molecule has 0 aliphatic heterocycles. The van der Waals surface area contributed by atoms with Gasteiger partial charge in [0.2, 0.25) is 0 Å². The summed E-state index contributed by atoms with van der Waals surface area (Å²) in [5.74, 6) is -0.535. The minimum Gasteiger partial charge on any atom is -0.458 e. The Morgan fingerprint density at radius 2 is 1.30 bits per heavy atom. The lowest BCUT2D eigenvalue weighted by molar-refractivity contribution is -0.156. The molecule has 0 bridgehead atoms. The monoisotopic (exact) mass is 453 g/mol. The molecule has 3 aromatic carbocycles. The summed E-state index contributed by atoms with van der Waals surface area (Å²) in [6.45, 7) is 5.29. The Morgan fingerprint density at radius 3 is 1.73 bits per heavy atom. The van der Waals surface area contributed by atoms with Crippen LogP contribution in [0, 0.1) is 0 Å². The first-order valence-electron chi connectivity index (χ1n) is 10.6. The van der Waals surface area contributed by atoms with Crippen LogP contribution in [0.15, 0.2) is 89.9 Å². The summed E-state index contributed by atoms with van der Waals surface area (Å²) < 4.78 is 44.4. The molecule has 0 aliphatic carbocycles. The van der Waals surface area contributed by atoms with Gasteiger partial charge in [-0.3, -0.25) is 4.99 Å². The van der Waals surface area contributed by atoms with E-state index in [0.29, 0.717) is 11.3 Å². The number of rotatable bonds is 6. The molecule has 33 heavy (non-hydrogen) atoms. The predicted octanol–water partition coefficient (Wildman–Crippen LogP) is 6.50. The second-order valence-corrected chi connectivity index (χ2v) is 8.66. The van der Waals surface area contributed by atoms with Crippen LogP contribution < -0.4 is 0 Å². The topological polar surface area (TPSA) is 38.7 Å². The molecular weight excluding hydrogens is 427 g/mol. The van der Waals surface area contributed by atoms with Crippen LogP contribution in [-0.2, 0) is 22.1 Å². The van der Waals surface area contributed by atoms with Crippen LogP contribution in [0.1, 0.15) is 43.0 Å². The Morgan fingerprint density at radius 1 is 0.818 bits per heavy atom. The lowest BCUT2D eigenvalue weighted by Crippen LogP contribution is -2.33. The van der Waals surface area contributed by atoms with Crippen molar-refractivity contribution in [2.75, 3.05) is 0 Å². The number of hydrogen-bond donors (Lipinski definition) is 0. The molecular formula is C27H26F3NO2. The lowest BCUT2D eigenvalue weighted by atomic mass is 10.00. The van der Waals surface area contributed by atoms with Crippen molar-refractivity contribution >= 4 is 11.7 Å². The zero-order valence-electron chi connectivity index (χ0n) is 18.8. The average Bonchev–Trinajstić information content (AvgIpc) is 2.76. The summed E-state index contributed by atoms with van der Waals surface area (Å²) in [5, 5.41) is 0. The number of alkyl halides is 3. The summed E-state index contributed by atoms with van der Waals surface area (Å²) in [4.78, 5) is 17.9. The smallest absolute Gasteiger partial charge is 0.416 e. The van der Waals surface area contributed by atoms with Gasteiger partial charge in [0.05, 0.1) is 11.3 Å². The van der Waals surface area contributed by atoms with E-state index >= 15 is 0 Å². The first-order chi connectivity index (χ1) is 15.5. The fourth-order valence-electron chi connectivity index (χ4n) is 3.27. The number of esters is 1. The summed E-state index contributed by atoms with van der Waals surface area (Å²) in [7, 11) is 0. The van der Waals surface area contributed by atoms with Gasteiger partial charge in [0, 0.05) is 17.5 Å². The van der Waals surface area contributed by atoms with Crippen molar-refractivity contribution < 1.29 is 22.7 Å². The van der Waals surface area contributed by atoms with E-state index in [2.05, 4.69) is 0 Å². The van der Waals surface area contributed by atoms with Crippen LogP contribution in [0.5, 0.6) is 0 Å². The van der Waals surface area contributed by atoms with Gasteiger partial charge in [-0.05, 0) is 38.5 Å². The molecule has 0 saturated carbocycles. The Kier molecular flexibility index (Phi) is 7.36. The SMILES string of the molecule is CC(C)(C)OC(=O)C(Cc1ccc(C(F)(F)F)cc1)N=C(c1ccccc1)c1ccccc1. The molecule has 6 heteroatoms. The number of carbonyl (C=O) groups excluding carboxylic acids is 1. The highest BCUT2D eigenvalue weighted by Gasteiger charge is 2.31. The Hall–Kier alpha value is -3.41. The van der Waals surface area contributed by atoms with Crippen molar-refractivity contribution in [2.45, 2.75) is 45.0 Å². The summed E-state index contributed by atoms with van der Waals surface area (Å²) in [6, 6.07) is 22.7. The van der Waals surface area contributed by atoms with Crippen molar-refractivity contribution in [1.29, 1.82) is 0 Å². The van der Waals surface area contributed by atoms with E-state index < -0.39 is 29.4 Å². The van der Waals surface area contributed by atoms with Gasteiger partial charge in [-0.1, -0.05) is 72.8 Å². The second kappa shape index (κ2) is 10.0. The molecule has 0 saturated heterocycles. The molecule has 0 radical (unpaired) electrons. The van der Waals surface area contributed by atoms with Gasteiger partial charge in [-0.15, -0.1) is 0 Å². The molecule has 0 amide bonds. The molecule has 172 valence electrons. The van der Waals surface area contributed by atoms with Crippen molar-refractivity contribution in [3.05, 3.63) is 107 Å². The van der Waals surface area contributed by atoms with Gasteiger partial charge in [0.1, 0.15) is 5.60 Å². The number of hydrogen-bond acceptors (Lipinski definition) is 3. The van der Waals surface area contributed by atoms with E-state index in [-0.39, 0.29) is 6.42 Å². The van der Waals surface area contributed by atoms with Crippen molar-refractivity contribution in [3.63, 3.8) is 0 Å². The van der Waals surface area contributed by atoms with Gasteiger partial charge in [0.25, 0.3) is 0 Å². The van der Waals surface area contributed by atoms with E-state index in [1.807, 2.05) is 60.7 Å². The highest BCUT2D eigenvalue weighted by molar-refractivity contribution is 6.13. The third-order valence-corrected chi connectivity index (χ3v) is 4.77. The van der Waals surface area contributed by atoms with Crippen molar-refractivity contribution in [1.82, 2.24) is 0 Å². The van der Waals surface area contributed by atoms with Gasteiger partial charge < -0.3 is 4.74 Å². The van der Waals surface area contributed by atoms with Gasteiger partial charge >= 0.3 is 12.1 Å². The fraction of sp³-hybridized carbons (Fsp3) is 0.259. The van der Waals surface area contributed by atoms with Crippen LogP contribution in [0.25, 0.3) is 0 Å². The normalized spacial score (nSPS) is 12.7. The number of benzene rings is 3. The van der Waals surface area contributed by atoms with E-state index in [0.717, 1.165) is 23.3 Å². The van der Waals surface area contributed by atoms with Crippen molar-refractivity contribution in [2.24, 2.45) is 4.99 Å². The maximum absolute atomic E-state index is 13.1. The molecule has 0 aliphatic rings. The molecule has 0 heterocycles. The third kappa shape index (κ3) is 7.04. The van der Waals surface area contributed by atoms with Crippen LogP contribution in [0.3, 0.4) is 0 Å². The molecule has 0 N–H and O–H groups in total. The van der Waals surface area contributed by atoms with Gasteiger partial charge in [0.15, 0.2) is 6.04 Å². The number of ether oxygens (including phenoxy) is 1. The number of carbonyl (C=O) groups is 1. The summed E-state index contributed by atoms with van der Waals surface area (Å²) in [5.41, 5.74) is 1.35. The number of aliphatic imine (C=N–C) groups is 1. The standard InChI is InChI=1S/C27H26F3NO2/c1-26(2,3)33-25(32)23(18-19-14-16-22(17-15-19)27(28,29)30)31-24(20-10-6-4-7-11-20)21-12-8-5-9-13-21/h4-17,23H,18H2,1-3H3. The van der Waals surface area contributed by atoms with E-state index in [9.17, 15) is 18.0 Å². The van der Waals surface area contributed by atoms with Gasteiger partial charge in [-0.25, -0.2) is 4.79 Å². The molecule has 0 fully saturated rings. The largest absolute Gasteiger partial charge is 0.458 e. The molecule has 3 aromatic rings. The van der Waals surface area contributed by atoms with Crippen LogP contribution in [-0.4, -0.2) is 23.3 Å². The third-order valence-electron chi connectivity index (χ3n) is 4.77. The molecule has 3 nitrogen and oxygen atoms in total. The minimum atomic E-state index is -4.42. The first kappa shape index (κ1) is 24.2. The maximum atomic E-state index is 13.1. The summed E-state index contributed by atoms with van der Waals surface area (Å²) >= 11 is 0. The first-order valence-corrected chi connectivity index (χ1v) is 10.6. The maximum Gasteiger partial charge on any atom is 0.416 e. The Bertz CT molecular complexity index is 1040. The van der Waals surface area contributed by atoms with E-state index in [4.69, 9.17) is 9.73 Å². The predicted molar refractivity (Wildman–Crippen MR) is 123 cm³/mol. The zero-order valence-corrected chi connectivity index (χ0v) is 18.8. The fourth-order valence-corrected chi connectivity index (χ4v) is 3.27. The molecule has 1 atom stereocenters. The average molecular weight is 454 g/mol. The Labute approximate surface area is 191 Å². The molecule has 1 unspecified atom stereocenters. The van der Waals surface area contributed by atoms with E-state index in [1.54, 1.807) is 20.8 Å². The lowest BCUT2D eigenvalue weighted by Gasteiger charge is -2.23. The highest BCUT2D eigenvalue weighted by atomic mass is 19.4. The number of halogens is 3.